The highest BCUT2D eigenvalue weighted by Crippen LogP contribution is 2.39. The molecule has 0 saturated heterocycles. The van der Waals surface area contributed by atoms with Gasteiger partial charge in [-0.15, -0.1) is 0 Å². The summed E-state index contributed by atoms with van der Waals surface area (Å²) in [7, 11) is 3.92. The van der Waals surface area contributed by atoms with Crippen LogP contribution < -0.4 is 10.6 Å². The standard InChI is InChI=1S/C16H22BrN3O2/c1-10-8-11(4-5-14(10)17)19-16(22)13-9-12(13)15(21)18-6-7-20(2)3/h4-5,8,12-13H,6-7,9H2,1-3H3,(H,18,21)(H,19,22). The molecule has 5 nitrogen and oxygen atoms in total. The van der Waals surface area contributed by atoms with E-state index in [1.54, 1.807) is 0 Å². The SMILES string of the molecule is Cc1cc(NC(=O)C2CC2C(=O)NCCN(C)C)ccc1Br. The first-order valence-electron chi connectivity index (χ1n) is 7.38. The zero-order valence-electron chi connectivity index (χ0n) is 13.1. The number of hydrogen-bond donors (Lipinski definition) is 2. The van der Waals surface area contributed by atoms with E-state index in [1.807, 2.05) is 44.1 Å². The summed E-state index contributed by atoms with van der Waals surface area (Å²) < 4.78 is 1.01. The molecule has 22 heavy (non-hydrogen) atoms. The summed E-state index contributed by atoms with van der Waals surface area (Å²) in [4.78, 5) is 26.1. The predicted octanol–water partition coefficient (Wildman–Crippen LogP) is 2.01. The number of halogens is 1. The highest BCUT2D eigenvalue weighted by molar-refractivity contribution is 9.10. The van der Waals surface area contributed by atoms with Crippen molar-refractivity contribution in [2.24, 2.45) is 11.8 Å². The fourth-order valence-electron chi connectivity index (χ4n) is 2.27. The topological polar surface area (TPSA) is 61.4 Å². The third kappa shape index (κ3) is 4.55. The molecule has 0 radical (unpaired) electrons. The van der Waals surface area contributed by atoms with Gasteiger partial charge in [0.15, 0.2) is 0 Å². The van der Waals surface area contributed by atoms with Crippen LogP contribution in [0.1, 0.15) is 12.0 Å². The van der Waals surface area contributed by atoms with Gasteiger partial charge < -0.3 is 15.5 Å². The fourth-order valence-corrected chi connectivity index (χ4v) is 2.51. The van der Waals surface area contributed by atoms with E-state index in [0.29, 0.717) is 13.0 Å². The molecule has 1 aliphatic rings. The Hall–Kier alpha value is -1.40. The third-order valence-electron chi connectivity index (χ3n) is 3.75. The normalized spacial score (nSPS) is 19.9. The van der Waals surface area contributed by atoms with E-state index in [1.165, 1.54) is 0 Å². The van der Waals surface area contributed by atoms with Crippen molar-refractivity contribution in [1.82, 2.24) is 10.2 Å². The van der Waals surface area contributed by atoms with Crippen molar-refractivity contribution < 1.29 is 9.59 Å². The monoisotopic (exact) mass is 367 g/mol. The van der Waals surface area contributed by atoms with Crippen LogP contribution in [-0.2, 0) is 9.59 Å². The minimum absolute atomic E-state index is 0.0195. The molecule has 2 N–H and O–H groups in total. The maximum Gasteiger partial charge on any atom is 0.228 e. The average Bonchev–Trinajstić information content (AvgIpc) is 3.23. The van der Waals surface area contributed by atoms with Crippen molar-refractivity contribution in [2.45, 2.75) is 13.3 Å². The summed E-state index contributed by atoms with van der Waals surface area (Å²) in [6, 6.07) is 5.67. The molecule has 2 amide bonds. The van der Waals surface area contributed by atoms with Crippen molar-refractivity contribution in [1.29, 1.82) is 0 Å². The number of carbonyl (C=O) groups excluding carboxylic acids is 2. The first-order valence-corrected chi connectivity index (χ1v) is 8.17. The molecule has 6 heteroatoms. The molecular weight excluding hydrogens is 346 g/mol. The minimum Gasteiger partial charge on any atom is -0.355 e. The quantitative estimate of drug-likeness (QED) is 0.808. The third-order valence-corrected chi connectivity index (χ3v) is 4.64. The van der Waals surface area contributed by atoms with Crippen LogP contribution in [-0.4, -0.2) is 43.9 Å². The number of rotatable bonds is 6. The van der Waals surface area contributed by atoms with Gasteiger partial charge in [0.05, 0.1) is 11.8 Å². The van der Waals surface area contributed by atoms with Crippen LogP contribution >= 0.6 is 15.9 Å². The van der Waals surface area contributed by atoms with Crippen LogP contribution in [0.15, 0.2) is 22.7 Å². The number of carbonyl (C=O) groups is 2. The second-order valence-corrected chi connectivity index (χ2v) is 6.85. The lowest BCUT2D eigenvalue weighted by atomic mass is 10.2. The van der Waals surface area contributed by atoms with E-state index in [9.17, 15) is 9.59 Å². The second-order valence-electron chi connectivity index (χ2n) is 6.00. The molecule has 1 aromatic carbocycles. The van der Waals surface area contributed by atoms with E-state index >= 15 is 0 Å². The van der Waals surface area contributed by atoms with Crippen LogP contribution in [0.25, 0.3) is 0 Å². The Kier molecular flexibility index (Phi) is 5.58. The smallest absolute Gasteiger partial charge is 0.228 e. The van der Waals surface area contributed by atoms with Gasteiger partial charge in [-0.25, -0.2) is 0 Å². The lowest BCUT2D eigenvalue weighted by molar-refractivity contribution is -0.125. The predicted molar refractivity (Wildman–Crippen MR) is 90.7 cm³/mol. The second kappa shape index (κ2) is 7.24. The Morgan fingerprint density at radius 2 is 1.95 bits per heavy atom. The molecule has 2 atom stereocenters. The number of nitrogens with one attached hydrogen (secondary N) is 2. The molecule has 1 saturated carbocycles. The van der Waals surface area contributed by atoms with Gasteiger partial charge in [-0.3, -0.25) is 9.59 Å². The van der Waals surface area contributed by atoms with Gasteiger partial charge in [-0.1, -0.05) is 15.9 Å². The minimum atomic E-state index is -0.205. The molecule has 1 aromatic rings. The summed E-state index contributed by atoms with van der Waals surface area (Å²) in [6.07, 6.45) is 0.634. The number of aryl methyl sites for hydroxylation is 1. The summed E-state index contributed by atoms with van der Waals surface area (Å²) in [6.45, 7) is 3.38. The molecule has 0 heterocycles. The zero-order valence-corrected chi connectivity index (χ0v) is 14.7. The van der Waals surface area contributed by atoms with Gasteiger partial charge in [-0.2, -0.15) is 0 Å². The van der Waals surface area contributed by atoms with Crippen molar-refractivity contribution in [3.8, 4) is 0 Å². The van der Waals surface area contributed by atoms with Crippen molar-refractivity contribution in [3.63, 3.8) is 0 Å². The van der Waals surface area contributed by atoms with Crippen molar-refractivity contribution in [3.05, 3.63) is 28.2 Å². The van der Waals surface area contributed by atoms with Crippen LogP contribution in [0.3, 0.4) is 0 Å². The molecule has 0 bridgehead atoms. The van der Waals surface area contributed by atoms with E-state index in [4.69, 9.17) is 0 Å². The number of likely N-dealkylation sites (N-methyl/N-ethyl adjacent to an activating group) is 1. The Bertz CT molecular complexity index is 575. The molecular formula is C16H22BrN3O2. The summed E-state index contributed by atoms with van der Waals surface area (Å²) >= 11 is 3.43. The van der Waals surface area contributed by atoms with Gasteiger partial charge in [0.25, 0.3) is 0 Å². The molecule has 0 aromatic heterocycles. The molecule has 1 fully saturated rings. The van der Waals surface area contributed by atoms with Gasteiger partial charge in [0.1, 0.15) is 0 Å². The summed E-state index contributed by atoms with van der Waals surface area (Å²) in [5, 5.41) is 5.76. The Morgan fingerprint density at radius 3 is 2.59 bits per heavy atom. The van der Waals surface area contributed by atoms with E-state index < -0.39 is 0 Å². The zero-order chi connectivity index (χ0) is 16.3. The molecule has 0 aliphatic heterocycles. The molecule has 1 aliphatic carbocycles. The van der Waals surface area contributed by atoms with E-state index in [2.05, 4.69) is 26.6 Å². The maximum atomic E-state index is 12.2. The molecule has 2 unspecified atom stereocenters. The Morgan fingerprint density at radius 1 is 1.27 bits per heavy atom. The van der Waals surface area contributed by atoms with Crippen LogP contribution in [0.2, 0.25) is 0 Å². The lowest BCUT2D eigenvalue weighted by Crippen LogP contribution is -2.33. The van der Waals surface area contributed by atoms with Gasteiger partial charge in [0.2, 0.25) is 11.8 Å². The lowest BCUT2D eigenvalue weighted by Gasteiger charge is -2.10. The highest BCUT2D eigenvalue weighted by Gasteiger charge is 2.47. The number of hydrogen-bond acceptors (Lipinski definition) is 3. The maximum absolute atomic E-state index is 12.2. The average molecular weight is 368 g/mol. The molecule has 2 rings (SSSR count). The Labute approximate surface area is 139 Å². The van der Waals surface area contributed by atoms with Crippen LogP contribution in [0.4, 0.5) is 5.69 Å². The number of anilines is 1. The van der Waals surface area contributed by atoms with Crippen LogP contribution in [0.5, 0.6) is 0 Å². The van der Waals surface area contributed by atoms with Gasteiger partial charge in [-0.05, 0) is 51.2 Å². The molecule has 120 valence electrons. The number of benzene rings is 1. The first kappa shape index (κ1) is 17.0. The summed E-state index contributed by atoms with van der Waals surface area (Å²) in [5.41, 5.74) is 1.83. The fraction of sp³-hybridized carbons (Fsp3) is 0.500. The number of amides is 2. The Balaban J connectivity index is 1.80. The number of nitrogens with zero attached hydrogens (tertiary/aromatic N) is 1. The largest absolute Gasteiger partial charge is 0.355 e. The molecule has 0 spiro atoms. The first-order chi connectivity index (χ1) is 10.4. The van der Waals surface area contributed by atoms with Crippen LogP contribution in [0, 0.1) is 18.8 Å². The highest BCUT2D eigenvalue weighted by atomic mass is 79.9. The van der Waals surface area contributed by atoms with Crippen molar-refractivity contribution >= 4 is 33.4 Å². The summed E-state index contributed by atoms with van der Waals surface area (Å²) in [5.74, 6) is -0.481. The van der Waals surface area contributed by atoms with Crippen molar-refractivity contribution in [2.75, 3.05) is 32.5 Å². The van der Waals surface area contributed by atoms with E-state index in [0.717, 1.165) is 22.3 Å². The van der Waals surface area contributed by atoms with Gasteiger partial charge in [0, 0.05) is 23.2 Å². The van der Waals surface area contributed by atoms with E-state index in [-0.39, 0.29) is 23.7 Å². The van der Waals surface area contributed by atoms with Gasteiger partial charge >= 0.3 is 0 Å².